The average molecular weight is 496 g/mol. The van der Waals surface area contributed by atoms with Crippen molar-refractivity contribution in [1.82, 2.24) is 0 Å². The molecule has 2 atom stereocenters. The summed E-state index contributed by atoms with van der Waals surface area (Å²) >= 11 is 6.72. The van der Waals surface area contributed by atoms with E-state index in [1.807, 2.05) is 37.3 Å². The zero-order valence-electron chi connectivity index (χ0n) is 15.4. The molecule has 1 saturated carbocycles. The molecule has 142 valence electrons. The van der Waals surface area contributed by atoms with Crippen LogP contribution >= 0.6 is 31.9 Å². The molecule has 0 aliphatic heterocycles. The summed E-state index contributed by atoms with van der Waals surface area (Å²) in [5.74, 6) is -0.468. The standard InChI is InChI=1S/C22H21Br2FO2/c1-13-14(7-6-9-15(13)16-8-4-5-10-18(16)25)12-27-21(26)20-17(11-19(23)24)22(20,2)3/h4-11,17,20H,12H2,1-3H3/t17-,20-/m0/s1. The second-order valence-electron chi connectivity index (χ2n) is 7.46. The van der Waals surface area contributed by atoms with Gasteiger partial charge in [0.05, 0.1) is 9.31 Å². The normalized spacial score (nSPS) is 20.1. The van der Waals surface area contributed by atoms with Crippen molar-refractivity contribution in [3.63, 3.8) is 0 Å². The monoisotopic (exact) mass is 494 g/mol. The van der Waals surface area contributed by atoms with Crippen LogP contribution in [0.15, 0.2) is 51.9 Å². The zero-order valence-corrected chi connectivity index (χ0v) is 18.6. The second-order valence-corrected chi connectivity index (χ2v) is 10.2. The van der Waals surface area contributed by atoms with E-state index < -0.39 is 0 Å². The van der Waals surface area contributed by atoms with Crippen molar-refractivity contribution < 1.29 is 13.9 Å². The molecule has 0 bridgehead atoms. The lowest BCUT2D eigenvalue weighted by Crippen LogP contribution is -2.11. The average Bonchev–Trinajstić information content (AvgIpc) is 3.14. The smallest absolute Gasteiger partial charge is 0.310 e. The summed E-state index contributed by atoms with van der Waals surface area (Å²) in [4.78, 5) is 12.6. The van der Waals surface area contributed by atoms with Crippen LogP contribution in [0.3, 0.4) is 0 Å². The molecule has 27 heavy (non-hydrogen) atoms. The molecule has 2 nitrogen and oxygen atoms in total. The van der Waals surface area contributed by atoms with Gasteiger partial charge in [0.15, 0.2) is 0 Å². The van der Waals surface area contributed by atoms with E-state index in [0.29, 0.717) is 5.56 Å². The van der Waals surface area contributed by atoms with Gasteiger partial charge >= 0.3 is 5.97 Å². The van der Waals surface area contributed by atoms with E-state index in [1.54, 1.807) is 12.1 Å². The lowest BCUT2D eigenvalue weighted by Gasteiger charge is -2.13. The molecule has 0 heterocycles. The highest BCUT2D eigenvalue weighted by molar-refractivity contribution is 9.28. The van der Waals surface area contributed by atoms with E-state index in [-0.39, 0.29) is 35.6 Å². The molecule has 5 heteroatoms. The number of benzene rings is 2. The highest BCUT2D eigenvalue weighted by atomic mass is 79.9. The Kier molecular flexibility index (Phi) is 5.92. The molecule has 2 aromatic rings. The number of halogens is 3. The van der Waals surface area contributed by atoms with Crippen molar-refractivity contribution >= 4 is 37.8 Å². The van der Waals surface area contributed by atoms with Gasteiger partial charge in [-0.2, -0.15) is 0 Å². The SMILES string of the molecule is Cc1c(COC(=O)[C@@H]2[C@H](C=C(Br)Br)C2(C)C)cccc1-c1ccccc1F. The molecule has 1 aliphatic carbocycles. The van der Waals surface area contributed by atoms with Crippen LogP contribution in [0.4, 0.5) is 4.39 Å². The van der Waals surface area contributed by atoms with Crippen molar-refractivity contribution in [2.24, 2.45) is 17.3 Å². The van der Waals surface area contributed by atoms with Crippen LogP contribution in [-0.2, 0) is 16.1 Å². The fraction of sp³-hybridized carbons (Fsp3) is 0.318. The molecule has 0 radical (unpaired) electrons. The first-order valence-corrected chi connectivity index (χ1v) is 10.3. The first kappa shape index (κ1) is 20.3. The van der Waals surface area contributed by atoms with Crippen LogP contribution in [0.25, 0.3) is 11.1 Å². The van der Waals surface area contributed by atoms with E-state index in [2.05, 4.69) is 45.7 Å². The van der Waals surface area contributed by atoms with Gasteiger partial charge in [0.25, 0.3) is 0 Å². The first-order chi connectivity index (χ1) is 12.7. The molecular formula is C22H21Br2FO2. The van der Waals surface area contributed by atoms with Gasteiger partial charge in [0.2, 0.25) is 0 Å². The van der Waals surface area contributed by atoms with E-state index in [0.717, 1.165) is 20.1 Å². The molecule has 0 saturated heterocycles. The number of esters is 1. The Morgan fingerprint density at radius 1 is 1.15 bits per heavy atom. The third kappa shape index (κ3) is 4.19. The Balaban J connectivity index is 1.74. The summed E-state index contributed by atoms with van der Waals surface area (Å²) in [6.07, 6.45) is 2.00. The van der Waals surface area contributed by atoms with Crippen LogP contribution in [-0.4, -0.2) is 5.97 Å². The maximum absolute atomic E-state index is 14.1. The fourth-order valence-electron chi connectivity index (χ4n) is 3.62. The number of hydrogen-bond donors (Lipinski definition) is 0. The van der Waals surface area contributed by atoms with Crippen LogP contribution in [0.1, 0.15) is 25.0 Å². The van der Waals surface area contributed by atoms with Gasteiger partial charge in [-0.3, -0.25) is 4.79 Å². The van der Waals surface area contributed by atoms with Gasteiger partial charge in [-0.05, 0) is 72.9 Å². The van der Waals surface area contributed by atoms with Gasteiger partial charge in [-0.25, -0.2) is 4.39 Å². The van der Waals surface area contributed by atoms with Crippen molar-refractivity contribution in [2.45, 2.75) is 27.4 Å². The summed E-state index contributed by atoms with van der Waals surface area (Å²) in [6, 6.07) is 12.4. The topological polar surface area (TPSA) is 26.3 Å². The summed E-state index contributed by atoms with van der Waals surface area (Å²) in [6.45, 7) is 6.24. The molecule has 0 unspecified atom stereocenters. The van der Waals surface area contributed by atoms with Gasteiger partial charge < -0.3 is 4.74 Å². The van der Waals surface area contributed by atoms with Crippen LogP contribution < -0.4 is 0 Å². The fourth-order valence-corrected chi connectivity index (χ4v) is 4.19. The number of allylic oxidation sites excluding steroid dienone is 1. The number of carbonyl (C=O) groups excluding carboxylic acids is 1. The Morgan fingerprint density at radius 2 is 1.81 bits per heavy atom. The van der Waals surface area contributed by atoms with Crippen LogP contribution in [0, 0.1) is 30.0 Å². The minimum absolute atomic E-state index is 0.117. The molecular weight excluding hydrogens is 475 g/mol. The maximum Gasteiger partial charge on any atom is 0.310 e. The van der Waals surface area contributed by atoms with Crippen molar-refractivity contribution in [2.75, 3.05) is 0 Å². The van der Waals surface area contributed by atoms with Crippen LogP contribution in [0.2, 0.25) is 0 Å². The van der Waals surface area contributed by atoms with E-state index >= 15 is 0 Å². The lowest BCUT2D eigenvalue weighted by molar-refractivity contribution is -0.147. The van der Waals surface area contributed by atoms with E-state index in [4.69, 9.17) is 4.74 Å². The maximum atomic E-state index is 14.1. The van der Waals surface area contributed by atoms with Crippen molar-refractivity contribution in [1.29, 1.82) is 0 Å². The van der Waals surface area contributed by atoms with E-state index in [1.165, 1.54) is 6.07 Å². The minimum atomic E-state index is -0.260. The summed E-state index contributed by atoms with van der Waals surface area (Å²) in [5.41, 5.74) is 3.06. The first-order valence-electron chi connectivity index (χ1n) is 8.76. The highest BCUT2D eigenvalue weighted by Crippen LogP contribution is 2.60. The van der Waals surface area contributed by atoms with Crippen molar-refractivity contribution in [3.8, 4) is 11.1 Å². The Hall–Kier alpha value is -1.46. The molecule has 3 rings (SSSR count). The molecule has 0 spiro atoms. The lowest BCUT2D eigenvalue weighted by atomic mass is 9.96. The Labute approximate surface area is 176 Å². The molecule has 1 fully saturated rings. The Morgan fingerprint density at radius 3 is 2.48 bits per heavy atom. The second kappa shape index (κ2) is 7.88. The van der Waals surface area contributed by atoms with Gasteiger partial charge in [-0.1, -0.05) is 56.3 Å². The summed E-state index contributed by atoms with van der Waals surface area (Å²) < 4.78 is 20.6. The highest BCUT2D eigenvalue weighted by Gasteiger charge is 2.61. The molecule has 0 amide bonds. The van der Waals surface area contributed by atoms with Gasteiger partial charge in [0, 0.05) is 5.56 Å². The predicted molar refractivity (Wildman–Crippen MR) is 113 cm³/mol. The third-order valence-corrected chi connectivity index (χ3v) is 5.98. The zero-order chi connectivity index (χ0) is 19.8. The molecule has 0 N–H and O–H groups in total. The molecule has 0 aromatic heterocycles. The van der Waals surface area contributed by atoms with Gasteiger partial charge in [0.1, 0.15) is 12.4 Å². The Bertz CT molecular complexity index is 901. The van der Waals surface area contributed by atoms with Crippen LogP contribution in [0.5, 0.6) is 0 Å². The molecule has 2 aromatic carbocycles. The number of hydrogen-bond acceptors (Lipinski definition) is 2. The van der Waals surface area contributed by atoms with Crippen molar-refractivity contribution in [3.05, 3.63) is 68.9 Å². The quantitative estimate of drug-likeness (QED) is 0.429. The summed E-state index contributed by atoms with van der Waals surface area (Å²) in [5, 5.41) is 0. The number of rotatable bonds is 5. The number of ether oxygens (including phenoxy) is 1. The third-order valence-electron chi connectivity index (χ3n) is 5.45. The van der Waals surface area contributed by atoms with E-state index in [9.17, 15) is 9.18 Å². The minimum Gasteiger partial charge on any atom is -0.461 e. The largest absolute Gasteiger partial charge is 0.461 e. The van der Waals surface area contributed by atoms with Gasteiger partial charge in [-0.15, -0.1) is 0 Å². The number of carbonyl (C=O) groups is 1. The summed E-state index contributed by atoms with van der Waals surface area (Å²) in [7, 11) is 0. The predicted octanol–water partition coefficient (Wildman–Crippen LogP) is 6.75. The molecule has 1 aliphatic rings.